The third-order valence-electron chi connectivity index (χ3n) is 5.24. The predicted molar refractivity (Wildman–Crippen MR) is 113 cm³/mol. The summed E-state index contributed by atoms with van der Waals surface area (Å²) in [6, 6.07) is 16.2. The van der Waals surface area contributed by atoms with Gasteiger partial charge >= 0.3 is 0 Å². The number of benzene rings is 2. The van der Waals surface area contributed by atoms with E-state index in [9.17, 15) is 4.79 Å². The molecule has 1 fully saturated rings. The topological polar surface area (TPSA) is 52.6 Å². The average Bonchev–Trinajstić information content (AvgIpc) is 2.75. The van der Waals surface area contributed by atoms with Gasteiger partial charge in [0.15, 0.2) is 0 Å². The van der Waals surface area contributed by atoms with Crippen LogP contribution in [0.2, 0.25) is 0 Å². The van der Waals surface area contributed by atoms with Gasteiger partial charge < -0.3 is 9.80 Å². The molecule has 0 aliphatic carbocycles. The number of likely N-dealkylation sites (N-methyl/N-ethyl adjacent to an activating group) is 1. The SMILES string of the molecule is CCN(C(=O)CN1CCN(c2ncccn2)CC1)c1cccc2ccccc12. The van der Waals surface area contributed by atoms with Crippen LogP contribution in [-0.2, 0) is 4.79 Å². The molecule has 3 aromatic rings. The van der Waals surface area contributed by atoms with Gasteiger partial charge in [-0.05, 0) is 24.4 Å². The second-order valence-electron chi connectivity index (χ2n) is 6.95. The van der Waals surface area contributed by atoms with Gasteiger partial charge in [-0.2, -0.15) is 0 Å². The Kier molecular flexibility index (Phi) is 5.48. The monoisotopic (exact) mass is 375 g/mol. The van der Waals surface area contributed by atoms with E-state index in [0.717, 1.165) is 48.6 Å². The van der Waals surface area contributed by atoms with Gasteiger partial charge in [-0.1, -0.05) is 36.4 Å². The van der Waals surface area contributed by atoms with Crippen LogP contribution in [0.15, 0.2) is 60.9 Å². The first kappa shape index (κ1) is 18.4. The molecule has 28 heavy (non-hydrogen) atoms. The maximum atomic E-state index is 13.1. The lowest BCUT2D eigenvalue weighted by Gasteiger charge is -2.35. The Balaban J connectivity index is 1.43. The molecule has 144 valence electrons. The minimum atomic E-state index is 0.142. The van der Waals surface area contributed by atoms with Gasteiger partial charge in [0.05, 0.1) is 12.2 Å². The number of carbonyl (C=O) groups is 1. The highest BCUT2D eigenvalue weighted by molar-refractivity contribution is 6.04. The molecule has 6 nitrogen and oxygen atoms in total. The number of carbonyl (C=O) groups excluding carboxylic acids is 1. The van der Waals surface area contributed by atoms with Crippen molar-refractivity contribution in [1.29, 1.82) is 0 Å². The second-order valence-corrected chi connectivity index (χ2v) is 6.95. The smallest absolute Gasteiger partial charge is 0.241 e. The van der Waals surface area contributed by atoms with Crippen molar-refractivity contribution in [3.63, 3.8) is 0 Å². The molecule has 0 N–H and O–H groups in total. The van der Waals surface area contributed by atoms with E-state index in [1.54, 1.807) is 12.4 Å². The summed E-state index contributed by atoms with van der Waals surface area (Å²) in [6.07, 6.45) is 3.53. The van der Waals surface area contributed by atoms with Gasteiger partial charge in [-0.25, -0.2) is 9.97 Å². The van der Waals surface area contributed by atoms with Crippen LogP contribution >= 0.6 is 0 Å². The summed E-state index contributed by atoms with van der Waals surface area (Å²) in [6.45, 7) is 6.44. The first-order valence-corrected chi connectivity index (χ1v) is 9.78. The third-order valence-corrected chi connectivity index (χ3v) is 5.24. The van der Waals surface area contributed by atoms with Crippen LogP contribution in [-0.4, -0.2) is 60.0 Å². The Morgan fingerprint density at radius 2 is 1.68 bits per heavy atom. The van der Waals surface area contributed by atoms with Gasteiger partial charge in [-0.15, -0.1) is 0 Å². The summed E-state index contributed by atoms with van der Waals surface area (Å²) in [4.78, 5) is 28.0. The number of rotatable bonds is 5. The molecule has 2 aromatic carbocycles. The second kappa shape index (κ2) is 8.35. The fourth-order valence-electron chi connectivity index (χ4n) is 3.76. The van der Waals surface area contributed by atoms with E-state index in [1.165, 1.54) is 0 Å². The van der Waals surface area contributed by atoms with E-state index in [1.807, 2.05) is 42.2 Å². The Morgan fingerprint density at radius 3 is 2.43 bits per heavy atom. The molecule has 4 rings (SSSR count). The van der Waals surface area contributed by atoms with E-state index >= 15 is 0 Å². The molecular weight excluding hydrogens is 350 g/mol. The van der Waals surface area contributed by atoms with E-state index in [-0.39, 0.29) is 5.91 Å². The largest absolute Gasteiger partial charge is 0.338 e. The Bertz CT molecular complexity index is 933. The quantitative estimate of drug-likeness (QED) is 0.686. The highest BCUT2D eigenvalue weighted by Crippen LogP contribution is 2.27. The zero-order valence-electron chi connectivity index (χ0n) is 16.2. The Hall–Kier alpha value is -2.99. The lowest BCUT2D eigenvalue weighted by Crippen LogP contribution is -2.50. The molecule has 6 heteroatoms. The van der Waals surface area contributed by atoms with E-state index in [2.05, 4.69) is 38.0 Å². The highest BCUT2D eigenvalue weighted by Gasteiger charge is 2.23. The number of hydrogen-bond donors (Lipinski definition) is 0. The first-order chi connectivity index (χ1) is 13.8. The number of aromatic nitrogens is 2. The van der Waals surface area contributed by atoms with E-state index < -0.39 is 0 Å². The van der Waals surface area contributed by atoms with Crippen LogP contribution in [0, 0.1) is 0 Å². The lowest BCUT2D eigenvalue weighted by atomic mass is 10.1. The maximum absolute atomic E-state index is 13.1. The van der Waals surface area contributed by atoms with Crippen LogP contribution in [0.5, 0.6) is 0 Å². The molecule has 0 bridgehead atoms. The summed E-state index contributed by atoms with van der Waals surface area (Å²) >= 11 is 0. The molecule has 0 atom stereocenters. The number of hydrogen-bond acceptors (Lipinski definition) is 5. The van der Waals surface area contributed by atoms with Gasteiger partial charge in [-0.3, -0.25) is 9.69 Å². The summed E-state index contributed by atoms with van der Waals surface area (Å²) < 4.78 is 0. The number of nitrogens with zero attached hydrogens (tertiary/aromatic N) is 5. The van der Waals surface area contributed by atoms with Crippen molar-refractivity contribution in [2.24, 2.45) is 0 Å². The number of fused-ring (bicyclic) bond motifs is 1. The van der Waals surface area contributed by atoms with Crippen LogP contribution in [0.3, 0.4) is 0 Å². The number of piperazine rings is 1. The molecule has 2 heterocycles. The summed E-state index contributed by atoms with van der Waals surface area (Å²) in [5, 5.41) is 2.27. The molecule has 0 radical (unpaired) electrons. The Labute approximate surface area is 165 Å². The Morgan fingerprint density at radius 1 is 0.964 bits per heavy atom. The summed E-state index contributed by atoms with van der Waals surface area (Å²) in [7, 11) is 0. The molecule has 1 amide bonds. The zero-order chi connectivity index (χ0) is 19.3. The normalized spacial score (nSPS) is 15.0. The summed E-state index contributed by atoms with van der Waals surface area (Å²) in [5.74, 6) is 0.905. The van der Waals surface area contributed by atoms with Crippen LogP contribution in [0.1, 0.15) is 6.92 Å². The molecule has 0 unspecified atom stereocenters. The van der Waals surface area contributed by atoms with Gasteiger partial charge in [0.25, 0.3) is 0 Å². The van der Waals surface area contributed by atoms with Gasteiger partial charge in [0.2, 0.25) is 11.9 Å². The van der Waals surface area contributed by atoms with Crippen molar-refractivity contribution in [3.8, 4) is 0 Å². The minimum absolute atomic E-state index is 0.142. The van der Waals surface area contributed by atoms with Crippen LogP contribution in [0.25, 0.3) is 10.8 Å². The fourth-order valence-corrected chi connectivity index (χ4v) is 3.76. The number of anilines is 2. The lowest BCUT2D eigenvalue weighted by molar-refractivity contribution is -0.119. The van der Waals surface area contributed by atoms with Gasteiger partial charge in [0.1, 0.15) is 0 Å². The van der Waals surface area contributed by atoms with Crippen LogP contribution < -0.4 is 9.80 Å². The molecule has 0 saturated carbocycles. The number of amides is 1. The fraction of sp³-hybridized carbons (Fsp3) is 0.318. The van der Waals surface area contributed by atoms with Crippen molar-refractivity contribution in [2.45, 2.75) is 6.92 Å². The van der Waals surface area contributed by atoms with Crippen molar-refractivity contribution < 1.29 is 4.79 Å². The molecular formula is C22H25N5O. The van der Waals surface area contributed by atoms with Crippen LogP contribution in [0.4, 0.5) is 11.6 Å². The van der Waals surface area contributed by atoms with Gasteiger partial charge in [0, 0.05) is 50.5 Å². The molecule has 1 saturated heterocycles. The van der Waals surface area contributed by atoms with E-state index in [0.29, 0.717) is 13.1 Å². The first-order valence-electron chi connectivity index (χ1n) is 9.78. The van der Waals surface area contributed by atoms with E-state index in [4.69, 9.17) is 0 Å². The predicted octanol–water partition coefficient (Wildman–Crippen LogP) is 2.80. The maximum Gasteiger partial charge on any atom is 0.241 e. The molecule has 0 spiro atoms. The standard InChI is InChI=1S/C22H25N5O/c1-2-27(20-10-5-8-18-7-3-4-9-19(18)20)21(28)17-25-13-15-26(16-14-25)22-23-11-6-12-24-22/h3-12H,2,13-17H2,1H3. The molecule has 1 aliphatic heterocycles. The summed E-state index contributed by atoms with van der Waals surface area (Å²) in [5.41, 5.74) is 0.988. The minimum Gasteiger partial charge on any atom is -0.338 e. The molecule has 1 aromatic heterocycles. The highest BCUT2D eigenvalue weighted by atomic mass is 16.2. The van der Waals surface area contributed by atoms with Crippen molar-refractivity contribution in [3.05, 3.63) is 60.9 Å². The third kappa shape index (κ3) is 3.82. The van der Waals surface area contributed by atoms with Crippen molar-refractivity contribution in [2.75, 3.05) is 49.1 Å². The average molecular weight is 375 g/mol. The van der Waals surface area contributed by atoms with Crippen molar-refractivity contribution in [1.82, 2.24) is 14.9 Å². The zero-order valence-corrected chi connectivity index (χ0v) is 16.2. The van der Waals surface area contributed by atoms with Crippen molar-refractivity contribution >= 4 is 28.3 Å². The molecule has 1 aliphatic rings.